The molecule has 2 aromatic carbocycles. The SMILES string of the molecule is COc1ccc(/C=N\NC(=O)C2CC2)cc1COc1cccc(Cl)c1Cl. The number of amides is 1. The van der Waals surface area contributed by atoms with Crippen LogP contribution in [0, 0.1) is 5.92 Å². The third-order valence-corrected chi connectivity index (χ3v) is 4.74. The predicted molar refractivity (Wildman–Crippen MR) is 102 cm³/mol. The number of halogens is 2. The van der Waals surface area contributed by atoms with Gasteiger partial charge in [-0.15, -0.1) is 0 Å². The number of rotatable bonds is 7. The van der Waals surface area contributed by atoms with Crippen molar-refractivity contribution in [2.75, 3.05) is 7.11 Å². The van der Waals surface area contributed by atoms with Crippen molar-refractivity contribution in [2.24, 2.45) is 11.0 Å². The minimum Gasteiger partial charge on any atom is -0.496 e. The minimum atomic E-state index is -0.0334. The van der Waals surface area contributed by atoms with Crippen molar-refractivity contribution in [1.29, 1.82) is 0 Å². The van der Waals surface area contributed by atoms with E-state index in [4.69, 9.17) is 32.7 Å². The molecule has 26 heavy (non-hydrogen) atoms. The summed E-state index contributed by atoms with van der Waals surface area (Å²) in [4.78, 5) is 11.6. The van der Waals surface area contributed by atoms with Gasteiger partial charge < -0.3 is 9.47 Å². The Morgan fingerprint density at radius 1 is 1.27 bits per heavy atom. The highest BCUT2D eigenvalue weighted by Gasteiger charge is 2.29. The zero-order valence-electron chi connectivity index (χ0n) is 14.2. The van der Waals surface area contributed by atoms with Gasteiger partial charge in [-0.1, -0.05) is 29.3 Å². The first-order valence-electron chi connectivity index (χ1n) is 8.15. The zero-order valence-corrected chi connectivity index (χ0v) is 15.7. The molecule has 1 fully saturated rings. The second-order valence-electron chi connectivity index (χ2n) is 5.92. The second kappa shape index (κ2) is 8.43. The molecule has 0 atom stereocenters. The van der Waals surface area contributed by atoms with E-state index in [1.54, 1.807) is 31.5 Å². The van der Waals surface area contributed by atoms with Crippen LogP contribution >= 0.6 is 23.2 Å². The number of nitrogens with zero attached hydrogens (tertiary/aromatic N) is 1. The molecule has 1 amide bonds. The molecular formula is C19H18Cl2N2O3. The molecule has 0 radical (unpaired) electrons. The molecule has 1 aliphatic rings. The molecule has 0 spiro atoms. The van der Waals surface area contributed by atoms with Crippen LogP contribution in [0.1, 0.15) is 24.0 Å². The molecule has 7 heteroatoms. The van der Waals surface area contributed by atoms with Gasteiger partial charge in [0, 0.05) is 11.5 Å². The minimum absolute atomic E-state index is 0.0334. The quantitative estimate of drug-likeness (QED) is 0.559. The van der Waals surface area contributed by atoms with Gasteiger partial charge in [-0.3, -0.25) is 4.79 Å². The molecule has 136 valence electrons. The first-order chi connectivity index (χ1) is 12.6. The van der Waals surface area contributed by atoms with Crippen LogP contribution in [0.3, 0.4) is 0 Å². The van der Waals surface area contributed by atoms with Crippen LogP contribution in [0.25, 0.3) is 0 Å². The molecule has 2 aromatic rings. The standard InChI is InChI=1S/C19H18Cl2N2O3/c1-25-16-8-5-12(10-22-23-19(24)13-6-7-13)9-14(16)11-26-17-4-2-3-15(20)18(17)21/h2-5,8-10,13H,6-7,11H2,1H3,(H,23,24)/b22-10-. The Morgan fingerprint density at radius 2 is 2.08 bits per heavy atom. The van der Waals surface area contributed by atoms with Gasteiger partial charge in [0.15, 0.2) is 0 Å². The van der Waals surface area contributed by atoms with Gasteiger partial charge in [-0.25, -0.2) is 5.43 Å². The predicted octanol–water partition coefficient (Wildman–Crippen LogP) is 4.44. The van der Waals surface area contributed by atoms with E-state index < -0.39 is 0 Å². The van der Waals surface area contributed by atoms with Crippen molar-refractivity contribution in [1.82, 2.24) is 5.43 Å². The summed E-state index contributed by atoms with van der Waals surface area (Å²) in [6.45, 7) is 0.249. The molecular weight excluding hydrogens is 375 g/mol. The fourth-order valence-electron chi connectivity index (χ4n) is 2.35. The number of hydrazone groups is 1. The molecule has 0 bridgehead atoms. The fraction of sp³-hybridized carbons (Fsp3) is 0.263. The van der Waals surface area contributed by atoms with E-state index >= 15 is 0 Å². The van der Waals surface area contributed by atoms with E-state index in [1.807, 2.05) is 18.2 Å². The van der Waals surface area contributed by atoms with Crippen LogP contribution < -0.4 is 14.9 Å². The van der Waals surface area contributed by atoms with Crippen molar-refractivity contribution in [3.63, 3.8) is 0 Å². The Bertz CT molecular complexity index is 836. The highest BCUT2D eigenvalue weighted by molar-refractivity contribution is 6.42. The Morgan fingerprint density at radius 3 is 2.81 bits per heavy atom. The van der Waals surface area contributed by atoms with Gasteiger partial charge in [-0.2, -0.15) is 5.10 Å². The summed E-state index contributed by atoms with van der Waals surface area (Å²) >= 11 is 12.1. The van der Waals surface area contributed by atoms with Crippen LogP contribution in [0.4, 0.5) is 0 Å². The van der Waals surface area contributed by atoms with E-state index in [0.717, 1.165) is 24.0 Å². The second-order valence-corrected chi connectivity index (χ2v) is 6.71. The lowest BCUT2D eigenvalue weighted by atomic mass is 10.1. The van der Waals surface area contributed by atoms with Gasteiger partial charge in [0.2, 0.25) is 5.91 Å². The van der Waals surface area contributed by atoms with Gasteiger partial charge in [0.05, 0.1) is 18.3 Å². The normalized spacial score (nSPS) is 13.7. The monoisotopic (exact) mass is 392 g/mol. The number of nitrogens with one attached hydrogen (secondary N) is 1. The van der Waals surface area contributed by atoms with Crippen LogP contribution in [0.2, 0.25) is 10.0 Å². The van der Waals surface area contributed by atoms with Crippen molar-refractivity contribution in [2.45, 2.75) is 19.4 Å². The molecule has 1 aliphatic carbocycles. The third-order valence-electron chi connectivity index (χ3n) is 3.94. The zero-order chi connectivity index (χ0) is 18.5. The Kier molecular flexibility index (Phi) is 6.01. The number of carbonyl (C=O) groups excluding carboxylic acids is 1. The maximum absolute atomic E-state index is 11.6. The van der Waals surface area contributed by atoms with Crippen LogP contribution in [0.15, 0.2) is 41.5 Å². The van der Waals surface area contributed by atoms with Gasteiger partial charge in [0.25, 0.3) is 0 Å². The van der Waals surface area contributed by atoms with E-state index in [-0.39, 0.29) is 18.4 Å². The molecule has 0 unspecified atom stereocenters. The first kappa shape index (κ1) is 18.5. The summed E-state index contributed by atoms with van der Waals surface area (Å²) in [5.74, 6) is 1.27. The first-order valence-corrected chi connectivity index (χ1v) is 8.90. The molecule has 0 saturated heterocycles. The average molecular weight is 393 g/mol. The summed E-state index contributed by atoms with van der Waals surface area (Å²) in [5.41, 5.74) is 4.19. The smallest absolute Gasteiger partial charge is 0.243 e. The Hall–Kier alpha value is -2.24. The number of methoxy groups -OCH3 is 1. The topological polar surface area (TPSA) is 59.9 Å². The molecule has 5 nitrogen and oxygen atoms in total. The molecule has 1 N–H and O–H groups in total. The van der Waals surface area contributed by atoms with E-state index in [9.17, 15) is 4.79 Å². The Labute approximate surface area is 161 Å². The van der Waals surface area contributed by atoms with E-state index in [1.165, 1.54) is 0 Å². The lowest BCUT2D eigenvalue weighted by molar-refractivity contribution is -0.122. The van der Waals surface area contributed by atoms with E-state index in [0.29, 0.717) is 21.5 Å². The average Bonchev–Trinajstić information content (AvgIpc) is 3.48. The van der Waals surface area contributed by atoms with Crippen LogP contribution in [-0.4, -0.2) is 19.2 Å². The van der Waals surface area contributed by atoms with Crippen molar-refractivity contribution < 1.29 is 14.3 Å². The number of hydrogen-bond acceptors (Lipinski definition) is 4. The fourth-order valence-corrected chi connectivity index (χ4v) is 2.70. The summed E-state index contributed by atoms with van der Waals surface area (Å²) in [6.07, 6.45) is 3.48. The lowest BCUT2D eigenvalue weighted by Gasteiger charge is -2.12. The maximum Gasteiger partial charge on any atom is 0.243 e. The lowest BCUT2D eigenvalue weighted by Crippen LogP contribution is -2.18. The molecule has 0 heterocycles. The van der Waals surface area contributed by atoms with Crippen molar-refractivity contribution in [3.8, 4) is 11.5 Å². The number of benzene rings is 2. The molecule has 0 aromatic heterocycles. The summed E-state index contributed by atoms with van der Waals surface area (Å²) in [5, 5.41) is 4.80. The molecule has 3 rings (SSSR count). The van der Waals surface area contributed by atoms with Crippen molar-refractivity contribution in [3.05, 3.63) is 57.6 Å². The third kappa shape index (κ3) is 4.68. The van der Waals surface area contributed by atoms with E-state index in [2.05, 4.69) is 10.5 Å². The van der Waals surface area contributed by atoms with Gasteiger partial charge >= 0.3 is 0 Å². The van der Waals surface area contributed by atoms with Crippen LogP contribution in [-0.2, 0) is 11.4 Å². The Balaban J connectivity index is 1.69. The van der Waals surface area contributed by atoms with Crippen molar-refractivity contribution >= 4 is 35.3 Å². The number of ether oxygens (including phenoxy) is 2. The summed E-state index contributed by atoms with van der Waals surface area (Å²) in [6, 6.07) is 10.8. The largest absolute Gasteiger partial charge is 0.496 e. The molecule has 1 saturated carbocycles. The molecule has 0 aliphatic heterocycles. The van der Waals surface area contributed by atoms with Gasteiger partial charge in [-0.05, 0) is 48.7 Å². The number of hydrogen-bond donors (Lipinski definition) is 1. The maximum atomic E-state index is 11.6. The highest BCUT2D eigenvalue weighted by atomic mass is 35.5. The van der Waals surface area contributed by atoms with Gasteiger partial charge in [0.1, 0.15) is 23.1 Å². The summed E-state index contributed by atoms with van der Waals surface area (Å²) in [7, 11) is 1.59. The summed E-state index contributed by atoms with van der Waals surface area (Å²) < 4.78 is 11.1. The highest BCUT2D eigenvalue weighted by Crippen LogP contribution is 2.32. The number of carbonyl (C=O) groups is 1. The van der Waals surface area contributed by atoms with Crippen LogP contribution in [0.5, 0.6) is 11.5 Å².